The minimum Gasteiger partial charge on any atom is -0.485 e. The SMILES string of the molecule is C#CCOCc1c(C)nc2c(OCc3ccccc3Cl)cccn12. The molecule has 2 aromatic heterocycles. The quantitative estimate of drug-likeness (QED) is 0.502. The van der Waals surface area contributed by atoms with Gasteiger partial charge in [0.05, 0.1) is 18.0 Å². The predicted octanol–water partition coefficient (Wildman–Crippen LogP) is 4.02. The van der Waals surface area contributed by atoms with Crippen LogP contribution >= 0.6 is 11.6 Å². The van der Waals surface area contributed by atoms with Gasteiger partial charge in [-0.25, -0.2) is 4.98 Å². The first-order valence-corrected chi connectivity index (χ1v) is 7.92. The second-order valence-corrected chi connectivity index (χ2v) is 5.69. The van der Waals surface area contributed by atoms with E-state index in [1.807, 2.05) is 53.9 Å². The van der Waals surface area contributed by atoms with Crippen LogP contribution in [0.4, 0.5) is 0 Å². The molecule has 0 aliphatic carbocycles. The van der Waals surface area contributed by atoms with Gasteiger partial charge in [0.2, 0.25) is 0 Å². The van der Waals surface area contributed by atoms with Gasteiger partial charge in [-0.05, 0) is 25.1 Å². The summed E-state index contributed by atoms with van der Waals surface area (Å²) in [5.74, 6) is 3.16. The van der Waals surface area contributed by atoms with Crippen molar-refractivity contribution in [2.75, 3.05) is 6.61 Å². The molecule has 3 aromatic rings. The highest BCUT2D eigenvalue weighted by Crippen LogP contribution is 2.24. The van der Waals surface area contributed by atoms with Crippen molar-refractivity contribution in [3.05, 3.63) is 64.6 Å². The zero-order valence-corrected chi connectivity index (χ0v) is 14.1. The number of rotatable bonds is 6. The van der Waals surface area contributed by atoms with Gasteiger partial charge < -0.3 is 9.47 Å². The zero-order valence-electron chi connectivity index (χ0n) is 13.3. The van der Waals surface area contributed by atoms with E-state index < -0.39 is 0 Å². The summed E-state index contributed by atoms with van der Waals surface area (Å²) in [6, 6.07) is 11.4. The molecule has 0 bridgehead atoms. The smallest absolute Gasteiger partial charge is 0.180 e. The van der Waals surface area contributed by atoms with E-state index in [1.54, 1.807) is 0 Å². The van der Waals surface area contributed by atoms with Crippen LogP contribution in [-0.4, -0.2) is 16.0 Å². The highest BCUT2D eigenvalue weighted by atomic mass is 35.5. The van der Waals surface area contributed by atoms with Crippen molar-refractivity contribution in [2.24, 2.45) is 0 Å². The minimum absolute atomic E-state index is 0.273. The molecule has 122 valence electrons. The first-order chi connectivity index (χ1) is 11.7. The summed E-state index contributed by atoms with van der Waals surface area (Å²) in [6.45, 7) is 3.01. The van der Waals surface area contributed by atoms with Gasteiger partial charge in [0.1, 0.15) is 13.2 Å². The lowest BCUT2D eigenvalue weighted by Gasteiger charge is -2.09. The van der Waals surface area contributed by atoms with Crippen LogP contribution in [0.2, 0.25) is 5.02 Å². The summed E-state index contributed by atoms with van der Waals surface area (Å²) >= 11 is 6.18. The molecule has 0 unspecified atom stereocenters. The van der Waals surface area contributed by atoms with Crippen molar-refractivity contribution in [2.45, 2.75) is 20.1 Å². The monoisotopic (exact) mass is 340 g/mol. The number of pyridine rings is 1. The Hall–Kier alpha value is -2.48. The van der Waals surface area contributed by atoms with Crippen LogP contribution < -0.4 is 4.74 Å². The summed E-state index contributed by atoms with van der Waals surface area (Å²) < 4.78 is 13.4. The molecule has 0 aliphatic rings. The number of imidazole rings is 1. The number of benzene rings is 1. The van der Waals surface area contributed by atoms with Crippen molar-refractivity contribution < 1.29 is 9.47 Å². The topological polar surface area (TPSA) is 35.8 Å². The number of aryl methyl sites for hydroxylation is 1. The molecule has 0 saturated heterocycles. The Kier molecular flexibility index (Phi) is 5.05. The van der Waals surface area contributed by atoms with Crippen molar-refractivity contribution in [3.63, 3.8) is 0 Å². The average Bonchev–Trinajstić information content (AvgIpc) is 2.91. The molecular formula is C19H17ClN2O2. The number of halogens is 1. The van der Waals surface area contributed by atoms with Crippen LogP contribution in [0, 0.1) is 19.3 Å². The standard InChI is InChI=1S/C19H17ClN2O2/c1-3-11-23-13-17-14(2)21-19-18(9-6-10-22(17)19)24-12-15-7-4-5-8-16(15)20/h1,4-10H,11-13H2,2H3. The summed E-state index contributed by atoms with van der Waals surface area (Å²) in [5, 5.41) is 0.687. The lowest BCUT2D eigenvalue weighted by atomic mass is 10.2. The second kappa shape index (κ2) is 7.39. The predicted molar refractivity (Wildman–Crippen MR) is 94.2 cm³/mol. The first-order valence-electron chi connectivity index (χ1n) is 7.54. The molecule has 0 atom stereocenters. The lowest BCUT2D eigenvalue weighted by Crippen LogP contribution is -2.01. The molecule has 0 radical (unpaired) electrons. The number of nitrogens with zero attached hydrogens (tertiary/aromatic N) is 2. The van der Waals surface area contributed by atoms with Gasteiger partial charge in [0.15, 0.2) is 11.4 Å². The molecule has 0 N–H and O–H groups in total. The summed E-state index contributed by atoms with van der Waals surface area (Å²) in [7, 11) is 0. The van der Waals surface area contributed by atoms with Gasteiger partial charge in [-0.1, -0.05) is 35.7 Å². The molecule has 5 heteroatoms. The molecule has 0 fully saturated rings. The fourth-order valence-electron chi connectivity index (χ4n) is 2.47. The molecular weight excluding hydrogens is 324 g/mol. The van der Waals surface area contributed by atoms with Gasteiger partial charge >= 0.3 is 0 Å². The number of ether oxygens (including phenoxy) is 2. The van der Waals surface area contributed by atoms with E-state index in [0.29, 0.717) is 24.0 Å². The zero-order chi connectivity index (χ0) is 16.9. The minimum atomic E-state index is 0.273. The van der Waals surface area contributed by atoms with E-state index in [9.17, 15) is 0 Å². The van der Waals surface area contributed by atoms with Gasteiger partial charge in [-0.15, -0.1) is 6.42 Å². The fraction of sp³-hybridized carbons (Fsp3) is 0.211. The van der Waals surface area contributed by atoms with Gasteiger partial charge in [0.25, 0.3) is 0 Å². The Morgan fingerprint density at radius 1 is 1.21 bits per heavy atom. The fourth-order valence-corrected chi connectivity index (χ4v) is 2.66. The van der Waals surface area contributed by atoms with Crippen molar-refractivity contribution in [1.29, 1.82) is 0 Å². The summed E-state index contributed by atoms with van der Waals surface area (Å²) in [6.07, 6.45) is 7.16. The molecule has 0 spiro atoms. The number of aromatic nitrogens is 2. The molecule has 0 aliphatic heterocycles. The molecule has 0 saturated carbocycles. The van der Waals surface area contributed by atoms with E-state index >= 15 is 0 Å². The Morgan fingerprint density at radius 2 is 2.04 bits per heavy atom. The number of hydrogen-bond acceptors (Lipinski definition) is 3. The van der Waals surface area contributed by atoms with Crippen LogP contribution in [0.15, 0.2) is 42.6 Å². The van der Waals surface area contributed by atoms with E-state index in [0.717, 1.165) is 22.6 Å². The maximum atomic E-state index is 6.18. The maximum absolute atomic E-state index is 6.18. The normalized spacial score (nSPS) is 10.7. The molecule has 0 amide bonds. The Morgan fingerprint density at radius 3 is 2.83 bits per heavy atom. The molecule has 24 heavy (non-hydrogen) atoms. The average molecular weight is 341 g/mol. The Bertz CT molecular complexity index is 896. The highest BCUT2D eigenvalue weighted by molar-refractivity contribution is 6.31. The third-order valence-corrected chi connectivity index (χ3v) is 4.05. The van der Waals surface area contributed by atoms with Crippen LogP contribution in [0.25, 0.3) is 5.65 Å². The Balaban J connectivity index is 1.85. The third-order valence-electron chi connectivity index (χ3n) is 3.68. The van der Waals surface area contributed by atoms with Crippen LogP contribution in [0.1, 0.15) is 17.0 Å². The number of fused-ring (bicyclic) bond motifs is 1. The van der Waals surface area contributed by atoms with Crippen molar-refractivity contribution in [3.8, 4) is 18.1 Å². The van der Waals surface area contributed by atoms with Crippen LogP contribution in [-0.2, 0) is 18.0 Å². The summed E-state index contributed by atoms with van der Waals surface area (Å²) in [5.41, 5.74) is 3.53. The van der Waals surface area contributed by atoms with Gasteiger partial charge in [0, 0.05) is 16.8 Å². The van der Waals surface area contributed by atoms with E-state index in [1.165, 1.54) is 0 Å². The molecule has 2 heterocycles. The van der Waals surface area contributed by atoms with Gasteiger partial charge in [-0.3, -0.25) is 4.40 Å². The van der Waals surface area contributed by atoms with Crippen LogP contribution in [0.5, 0.6) is 5.75 Å². The number of terminal acetylenes is 1. The maximum Gasteiger partial charge on any atom is 0.180 e. The lowest BCUT2D eigenvalue weighted by molar-refractivity contribution is 0.149. The highest BCUT2D eigenvalue weighted by Gasteiger charge is 2.13. The van der Waals surface area contributed by atoms with Crippen molar-refractivity contribution >= 4 is 17.2 Å². The van der Waals surface area contributed by atoms with Crippen LogP contribution in [0.3, 0.4) is 0 Å². The van der Waals surface area contributed by atoms with E-state index in [2.05, 4.69) is 10.9 Å². The van der Waals surface area contributed by atoms with E-state index in [-0.39, 0.29) is 6.61 Å². The Labute approximate surface area is 146 Å². The largest absolute Gasteiger partial charge is 0.485 e. The second-order valence-electron chi connectivity index (χ2n) is 5.29. The number of hydrogen-bond donors (Lipinski definition) is 0. The molecule has 1 aromatic carbocycles. The third kappa shape index (κ3) is 3.38. The molecule has 3 rings (SSSR count). The molecule has 4 nitrogen and oxygen atoms in total. The first kappa shape index (κ1) is 16.4. The van der Waals surface area contributed by atoms with E-state index in [4.69, 9.17) is 27.5 Å². The van der Waals surface area contributed by atoms with Gasteiger partial charge in [-0.2, -0.15) is 0 Å². The van der Waals surface area contributed by atoms with Crippen molar-refractivity contribution in [1.82, 2.24) is 9.38 Å². The summed E-state index contributed by atoms with van der Waals surface area (Å²) in [4.78, 5) is 4.60.